The van der Waals surface area contributed by atoms with Crippen LogP contribution >= 0.6 is 23.2 Å². The predicted octanol–water partition coefficient (Wildman–Crippen LogP) is 5.81. The summed E-state index contributed by atoms with van der Waals surface area (Å²) in [6.07, 6.45) is 3.40. The van der Waals surface area contributed by atoms with E-state index in [0.29, 0.717) is 23.3 Å². The molecular formula is C21H21Cl2N3O2. The molecule has 0 aliphatic heterocycles. The molecule has 0 bridgehead atoms. The summed E-state index contributed by atoms with van der Waals surface area (Å²) in [6.45, 7) is 2.42. The molecule has 0 saturated carbocycles. The lowest BCUT2D eigenvalue weighted by molar-refractivity contribution is 0.143. The topological polar surface area (TPSA) is 48.6 Å². The summed E-state index contributed by atoms with van der Waals surface area (Å²) in [5.41, 5.74) is 2.80. The Morgan fingerprint density at radius 2 is 1.68 bits per heavy atom. The van der Waals surface area contributed by atoms with Crippen molar-refractivity contribution in [2.24, 2.45) is 12.2 Å². The van der Waals surface area contributed by atoms with Gasteiger partial charge in [-0.3, -0.25) is 0 Å². The maximum atomic E-state index is 5.95. The summed E-state index contributed by atoms with van der Waals surface area (Å²) in [5, 5.41) is 9.87. The summed E-state index contributed by atoms with van der Waals surface area (Å²) < 4.78 is 7.62. The number of nitrogens with zero attached hydrogens (tertiary/aromatic N) is 3. The van der Waals surface area contributed by atoms with Crippen LogP contribution in [0.25, 0.3) is 0 Å². The second kappa shape index (κ2) is 9.62. The molecule has 2 aromatic carbocycles. The number of oxime groups is 1. The number of ether oxygens (including phenoxy) is 1. The smallest absolute Gasteiger partial charge is 0.226 e. The van der Waals surface area contributed by atoms with E-state index >= 15 is 0 Å². The van der Waals surface area contributed by atoms with Crippen LogP contribution in [0.5, 0.6) is 11.6 Å². The average molecular weight is 418 g/mol. The first kappa shape index (κ1) is 20.2. The lowest BCUT2D eigenvalue weighted by Gasteiger charge is -2.07. The van der Waals surface area contributed by atoms with Gasteiger partial charge in [0, 0.05) is 17.1 Å². The molecule has 0 saturated heterocycles. The Morgan fingerprint density at radius 1 is 1.04 bits per heavy atom. The number of aromatic nitrogens is 2. The monoisotopic (exact) mass is 417 g/mol. The Kier molecular flexibility index (Phi) is 6.95. The molecule has 0 radical (unpaired) electrons. The number of benzene rings is 2. The minimum Gasteiger partial charge on any atom is -0.439 e. The fourth-order valence-electron chi connectivity index (χ4n) is 2.67. The lowest BCUT2D eigenvalue weighted by Crippen LogP contribution is -1.97. The highest BCUT2D eigenvalue weighted by molar-refractivity contribution is 6.30. The van der Waals surface area contributed by atoms with E-state index in [1.807, 2.05) is 38.2 Å². The third-order valence-electron chi connectivity index (χ3n) is 4.11. The van der Waals surface area contributed by atoms with Crippen LogP contribution in [-0.4, -0.2) is 22.6 Å². The molecule has 7 heteroatoms. The molecule has 3 rings (SSSR count). The number of hydrogen-bond acceptors (Lipinski definition) is 4. The van der Waals surface area contributed by atoms with E-state index in [2.05, 4.69) is 10.3 Å². The van der Waals surface area contributed by atoms with Crippen molar-refractivity contribution in [3.8, 4) is 11.6 Å². The molecule has 0 atom stereocenters. The van der Waals surface area contributed by atoms with Crippen molar-refractivity contribution in [1.82, 2.24) is 9.78 Å². The minimum atomic E-state index is 0.520. The first-order chi connectivity index (χ1) is 13.5. The van der Waals surface area contributed by atoms with Crippen LogP contribution in [-0.2, 0) is 18.3 Å². The largest absolute Gasteiger partial charge is 0.439 e. The molecule has 1 aromatic heterocycles. The van der Waals surface area contributed by atoms with Gasteiger partial charge in [0.15, 0.2) is 0 Å². The summed E-state index contributed by atoms with van der Waals surface area (Å²) in [5.74, 6) is 1.26. The Labute approximate surface area is 174 Å². The zero-order valence-corrected chi connectivity index (χ0v) is 17.2. The van der Waals surface area contributed by atoms with Gasteiger partial charge in [0.05, 0.1) is 17.5 Å². The minimum absolute atomic E-state index is 0.520. The van der Waals surface area contributed by atoms with Crippen LogP contribution < -0.4 is 4.74 Å². The average Bonchev–Trinajstić information content (AvgIpc) is 2.94. The van der Waals surface area contributed by atoms with Gasteiger partial charge in [-0.05, 0) is 61.7 Å². The molecule has 0 fully saturated rings. The molecule has 5 nitrogen and oxygen atoms in total. The first-order valence-corrected chi connectivity index (χ1v) is 9.65. The SMILES string of the molecule is Cc1nn(C)c(Oc2ccc(Cl)cc2)c1C=NOCCCc1ccc(Cl)cc1. The number of hydrogen-bond donors (Lipinski definition) is 0. The molecule has 146 valence electrons. The van der Waals surface area contributed by atoms with Crippen molar-refractivity contribution in [1.29, 1.82) is 0 Å². The van der Waals surface area contributed by atoms with Crippen molar-refractivity contribution in [2.45, 2.75) is 19.8 Å². The highest BCUT2D eigenvalue weighted by atomic mass is 35.5. The van der Waals surface area contributed by atoms with Gasteiger partial charge in [-0.1, -0.05) is 40.5 Å². The molecule has 0 aliphatic rings. The summed E-state index contributed by atoms with van der Waals surface area (Å²) in [7, 11) is 1.82. The molecule has 0 aliphatic carbocycles. The normalized spacial score (nSPS) is 11.1. The van der Waals surface area contributed by atoms with E-state index in [-0.39, 0.29) is 0 Å². The van der Waals surface area contributed by atoms with E-state index in [0.717, 1.165) is 29.1 Å². The highest BCUT2D eigenvalue weighted by Gasteiger charge is 2.14. The van der Waals surface area contributed by atoms with E-state index in [1.165, 1.54) is 5.56 Å². The molecule has 1 heterocycles. The third kappa shape index (κ3) is 5.50. The van der Waals surface area contributed by atoms with Gasteiger partial charge in [0.2, 0.25) is 5.88 Å². The molecular weight excluding hydrogens is 397 g/mol. The van der Waals surface area contributed by atoms with Crippen LogP contribution in [0.4, 0.5) is 0 Å². The number of rotatable bonds is 8. The first-order valence-electron chi connectivity index (χ1n) is 8.90. The Bertz CT molecular complexity index is 936. The Balaban J connectivity index is 1.55. The molecule has 28 heavy (non-hydrogen) atoms. The van der Waals surface area contributed by atoms with Crippen molar-refractivity contribution >= 4 is 29.4 Å². The molecule has 0 N–H and O–H groups in total. The van der Waals surface area contributed by atoms with Crippen LogP contribution in [0.2, 0.25) is 10.0 Å². The molecule has 0 amide bonds. The second-order valence-corrected chi connectivity index (χ2v) is 7.15. The summed E-state index contributed by atoms with van der Waals surface area (Å²) in [6, 6.07) is 15.0. The van der Waals surface area contributed by atoms with Gasteiger partial charge in [-0.15, -0.1) is 0 Å². The number of halogens is 2. The Morgan fingerprint density at radius 3 is 2.36 bits per heavy atom. The van der Waals surface area contributed by atoms with Crippen molar-refractivity contribution in [3.05, 3.63) is 75.4 Å². The molecule has 3 aromatic rings. The van der Waals surface area contributed by atoms with Crippen LogP contribution in [0.15, 0.2) is 53.7 Å². The third-order valence-corrected chi connectivity index (χ3v) is 4.62. The molecule has 0 spiro atoms. The highest BCUT2D eigenvalue weighted by Crippen LogP contribution is 2.27. The predicted molar refractivity (Wildman–Crippen MR) is 113 cm³/mol. The fraction of sp³-hybridized carbons (Fsp3) is 0.238. The Hall–Kier alpha value is -2.50. The zero-order valence-electron chi connectivity index (χ0n) is 15.7. The second-order valence-electron chi connectivity index (χ2n) is 6.28. The van der Waals surface area contributed by atoms with Crippen molar-refractivity contribution in [2.75, 3.05) is 6.61 Å². The van der Waals surface area contributed by atoms with Gasteiger partial charge < -0.3 is 9.57 Å². The van der Waals surface area contributed by atoms with E-state index in [9.17, 15) is 0 Å². The van der Waals surface area contributed by atoms with Crippen molar-refractivity contribution < 1.29 is 9.57 Å². The van der Waals surface area contributed by atoms with Crippen LogP contribution in [0.3, 0.4) is 0 Å². The van der Waals surface area contributed by atoms with Gasteiger partial charge in [0.1, 0.15) is 12.4 Å². The lowest BCUT2D eigenvalue weighted by atomic mass is 10.1. The van der Waals surface area contributed by atoms with Gasteiger partial charge in [-0.25, -0.2) is 4.68 Å². The van der Waals surface area contributed by atoms with Crippen LogP contribution in [0, 0.1) is 6.92 Å². The summed E-state index contributed by atoms with van der Waals surface area (Å²) in [4.78, 5) is 5.40. The van der Waals surface area contributed by atoms with Gasteiger partial charge in [0.25, 0.3) is 0 Å². The van der Waals surface area contributed by atoms with E-state index < -0.39 is 0 Å². The van der Waals surface area contributed by atoms with Crippen LogP contribution in [0.1, 0.15) is 23.2 Å². The quantitative estimate of drug-likeness (QED) is 0.264. The van der Waals surface area contributed by atoms with Gasteiger partial charge in [-0.2, -0.15) is 5.10 Å². The van der Waals surface area contributed by atoms with E-state index in [1.54, 1.807) is 35.2 Å². The maximum absolute atomic E-state index is 5.95. The van der Waals surface area contributed by atoms with Gasteiger partial charge >= 0.3 is 0 Å². The number of aryl methyl sites for hydroxylation is 3. The molecule has 0 unspecified atom stereocenters. The van der Waals surface area contributed by atoms with Crippen molar-refractivity contribution in [3.63, 3.8) is 0 Å². The standard InChI is InChI=1S/C21H21Cl2N3O2/c1-15-20(14-24-27-13-3-4-16-5-7-17(22)8-6-16)21(26(2)25-15)28-19-11-9-18(23)10-12-19/h5-12,14H,3-4,13H2,1-2H3. The zero-order chi connectivity index (χ0) is 19.9. The maximum Gasteiger partial charge on any atom is 0.226 e. The van der Waals surface area contributed by atoms with E-state index in [4.69, 9.17) is 32.8 Å². The summed E-state index contributed by atoms with van der Waals surface area (Å²) >= 11 is 11.8. The fourth-order valence-corrected chi connectivity index (χ4v) is 2.92.